The van der Waals surface area contributed by atoms with Crippen LogP contribution in [-0.2, 0) is 9.84 Å². The molecule has 0 aliphatic heterocycles. The summed E-state index contributed by atoms with van der Waals surface area (Å²) in [7, 11) is -2.80. The Labute approximate surface area is 75.3 Å². The Morgan fingerprint density at radius 3 is 2.17 bits per heavy atom. The third-order valence-electron chi connectivity index (χ3n) is 2.91. The summed E-state index contributed by atoms with van der Waals surface area (Å²) >= 11 is 0. The van der Waals surface area contributed by atoms with E-state index in [1.807, 2.05) is 0 Å². The van der Waals surface area contributed by atoms with Gasteiger partial charge in [0.25, 0.3) is 0 Å². The van der Waals surface area contributed by atoms with Crippen LogP contribution in [-0.4, -0.2) is 19.9 Å². The monoisotopic (exact) mass is 190 g/mol. The highest BCUT2D eigenvalue weighted by atomic mass is 32.2. The van der Waals surface area contributed by atoms with Crippen molar-refractivity contribution in [1.82, 2.24) is 0 Å². The van der Waals surface area contributed by atoms with Crippen LogP contribution in [0.25, 0.3) is 0 Å². The first-order valence-electron chi connectivity index (χ1n) is 4.62. The van der Waals surface area contributed by atoms with Crippen molar-refractivity contribution in [2.45, 2.75) is 38.4 Å². The molecule has 0 aromatic carbocycles. The van der Waals surface area contributed by atoms with Gasteiger partial charge in [-0.05, 0) is 24.7 Å². The van der Waals surface area contributed by atoms with Crippen LogP contribution >= 0.6 is 0 Å². The molecule has 0 amide bonds. The summed E-state index contributed by atoms with van der Waals surface area (Å²) in [5.74, 6) is 0.909. The lowest BCUT2D eigenvalue weighted by Gasteiger charge is -2.21. The molecule has 0 unspecified atom stereocenters. The summed E-state index contributed by atoms with van der Waals surface area (Å²) in [6, 6.07) is 0. The molecule has 1 saturated carbocycles. The number of hydrogen-bond acceptors (Lipinski definition) is 2. The van der Waals surface area contributed by atoms with E-state index in [0.717, 1.165) is 19.3 Å². The highest BCUT2D eigenvalue weighted by Gasteiger charge is 2.36. The summed E-state index contributed by atoms with van der Waals surface area (Å²) in [5.41, 5.74) is 0. The zero-order chi connectivity index (χ0) is 9.35. The molecule has 0 saturated heterocycles. The maximum atomic E-state index is 11.3. The van der Waals surface area contributed by atoms with Crippen LogP contribution < -0.4 is 0 Å². The largest absolute Gasteiger partial charge is 0.229 e. The molecule has 0 bridgehead atoms. The Kier molecular flexibility index (Phi) is 2.81. The SMILES string of the molecule is CC(C)[C@H]1CCC[C@@H]1S(C)(=O)=O. The minimum atomic E-state index is -2.80. The van der Waals surface area contributed by atoms with E-state index < -0.39 is 9.84 Å². The van der Waals surface area contributed by atoms with Crippen molar-refractivity contribution in [2.75, 3.05) is 6.26 Å². The van der Waals surface area contributed by atoms with Gasteiger partial charge in [0.05, 0.1) is 5.25 Å². The first-order valence-corrected chi connectivity index (χ1v) is 6.57. The lowest BCUT2D eigenvalue weighted by atomic mass is 9.94. The Morgan fingerprint density at radius 1 is 1.25 bits per heavy atom. The summed E-state index contributed by atoms with van der Waals surface area (Å²) in [6.45, 7) is 4.24. The van der Waals surface area contributed by atoms with Gasteiger partial charge in [0.15, 0.2) is 9.84 Å². The van der Waals surface area contributed by atoms with E-state index in [-0.39, 0.29) is 5.25 Å². The van der Waals surface area contributed by atoms with Gasteiger partial charge in [-0.3, -0.25) is 0 Å². The Balaban J connectivity index is 2.78. The van der Waals surface area contributed by atoms with Gasteiger partial charge in [0, 0.05) is 6.26 Å². The molecule has 2 nitrogen and oxygen atoms in total. The Hall–Kier alpha value is -0.0500. The molecule has 1 aliphatic carbocycles. The summed E-state index contributed by atoms with van der Waals surface area (Å²) < 4.78 is 22.7. The third-order valence-corrected chi connectivity index (χ3v) is 4.60. The van der Waals surface area contributed by atoms with Gasteiger partial charge < -0.3 is 0 Å². The van der Waals surface area contributed by atoms with Crippen molar-refractivity contribution in [3.8, 4) is 0 Å². The van der Waals surface area contributed by atoms with Crippen molar-refractivity contribution in [3.63, 3.8) is 0 Å². The zero-order valence-electron chi connectivity index (χ0n) is 8.08. The van der Waals surface area contributed by atoms with Crippen LogP contribution in [0.2, 0.25) is 0 Å². The highest BCUT2D eigenvalue weighted by Crippen LogP contribution is 2.35. The second-order valence-corrected chi connectivity index (χ2v) is 6.47. The molecule has 3 heteroatoms. The molecule has 0 aromatic heterocycles. The second kappa shape index (κ2) is 3.36. The van der Waals surface area contributed by atoms with E-state index in [0.29, 0.717) is 11.8 Å². The highest BCUT2D eigenvalue weighted by molar-refractivity contribution is 7.91. The van der Waals surface area contributed by atoms with Crippen molar-refractivity contribution < 1.29 is 8.42 Å². The van der Waals surface area contributed by atoms with Gasteiger partial charge in [0.2, 0.25) is 0 Å². The summed E-state index contributed by atoms with van der Waals surface area (Å²) in [5, 5.41) is -0.0579. The smallest absolute Gasteiger partial charge is 0.150 e. The average Bonchev–Trinajstić information content (AvgIpc) is 2.30. The third kappa shape index (κ3) is 2.00. The van der Waals surface area contributed by atoms with Crippen molar-refractivity contribution in [1.29, 1.82) is 0 Å². The fourth-order valence-electron chi connectivity index (χ4n) is 2.25. The van der Waals surface area contributed by atoms with E-state index >= 15 is 0 Å². The van der Waals surface area contributed by atoms with Crippen molar-refractivity contribution in [3.05, 3.63) is 0 Å². The molecule has 1 aliphatic rings. The van der Waals surface area contributed by atoms with Gasteiger partial charge in [-0.25, -0.2) is 8.42 Å². The first kappa shape index (κ1) is 10.0. The van der Waals surface area contributed by atoms with Gasteiger partial charge in [-0.2, -0.15) is 0 Å². The second-order valence-electron chi connectivity index (χ2n) is 4.21. The molecule has 0 aromatic rings. The molecule has 0 radical (unpaired) electrons. The van der Waals surface area contributed by atoms with E-state index in [4.69, 9.17) is 0 Å². The maximum Gasteiger partial charge on any atom is 0.150 e. The predicted octanol–water partition coefficient (Wildman–Crippen LogP) is 1.86. The quantitative estimate of drug-likeness (QED) is 0.666. The minimum absolute atomic E-state index is 0.0579. The standard InChI is InChI=1S/C9H18O2S/c1-7(2)8-5-4-6-9(8)12(3,10)11/h7-9H,4-6H2,1-3H3/t8-,9+/m1/s1. The lowest BCUT2D eigenvalue weighted by molar-refractivity contribution is 0.393. The Bertz CT molecular complexity index is 241. The van der Waals surface area contributed by atoms with Crippen molar-refractivity contribution in [2.24, 2.45) is 11.8 Å². The van der Waals surface area contributed by atoms with Crippen LogP contribution in [0.3, 0.4) is 0 Å². The van der Waals surface area contributed by atoms with Crippen LogP contribution in [0.4, 0.5) is 0 Å². The maximum absolute atomic E-state index is 11.3. The molecule has 0 N–H and O–H groups in total. The number of rotatable bonds is 2. The molecule has 1 fully saturated rings. The fourth-order valence-corrected chi connectivity index (χ4v) is 3.93. The topological polar surface area (TPSA) is 34.1 Å². The summed E-state index contributed by atoms with van der Waals surface area (Å²) in [4.78, 5) is 0. The lowest BCUT2D eigenvalue weighted by Crippen LogP contribution is -2.27. The van der Waals surface area contributed by atoms with Crippen LogP contribution in [0, 0.1) is 11.8 Å². The Morgan fingerprint density at radius 2 is 1.83 bits per heavy atom. The molecule has 12 heavy (non-hydrogen) atoms. The molecular formula is C9H18O2S. The molecule has 0 spiro atoms. The normalized spacial score (nSPS) is 31.3. The van der Waals surface area contributed by atoms with Gasteiger partial charge in [-0.15, -0.1) is 0 Å². The number of sulfone groups is 1. The molecule has 2 atom stereocenters. The van der Waals surface area contributed by atoms with Crippen molar-refractivity contribution >= 4 is 9.84 Å². The van der Waals surface area contributed by atoms with Gasteiger partial charge in [-0.1, -0.05) is 20.3 Å². The number of hydrogen-bond donors (Lipinski definition) is 0. The van der Waals surface area contributed by atoms with E-state index in [9.17, 15) is 8.42 Å². The summed E-state index contributed by atoms with van der Waals surface area (Å²) in [6.07, 6.45) is 4.43. The van der Waals surface area contributed by atoms with Crippen LogP contribution in [0.1, 0.15) is 33.1 Å². The average molecular weight is 190 g/mol. The van der Waals surface area contributed by atoms with Gasteiger partial charge >= 0.3 is 0 Å². The predicted molar refractivity (Wildman–Crippen MR) is 50.8 cm³/mol. The molecular weight excluding hydrogens is 172 g/mol. The minimum Gasteiger partial charge on any atom is -0.229 e. The van der Waals surface area contributed by atoms with E-state index in [2.05, 4.69) is 13.8 Å². The fraction of sp³-hybridized carbons (Fsp3) is 1.00. The van der Waals surface area contributed by atoms with Crippen LogP contribution in [0.5, 0.6) is 0 Å². The molecule has 72 valence electrons. The molecule has 1 rings (SSSR count). The zero-order valence-corrected chi connectivity index (χ0v) is 8.89. The van der Waals surface area contributed by atoms with Crippen LogP contribution in [0.15, 0.2) is 0 Å². The van der Waals surface area contributed by atoms with E-state index in [1.54, 1.807) is 0 Å². The van der Waals surface area contributed by atoms with E-state index in [1.165, 1.54) is 6.26 Å². The van der Waals surface area contributed by atoms with Gasteiger partial charge in [0.1, 0.15) is 0 Å². The molecule has 0 heterocycles. The first-order chi connectivity index (χ1) is 5.43.